The monoisotopic (exact) mass is 388 g/mol. The molecule has 1 aliphatic rings. The van der Waals surface area contributed by atoms with Gasteiger partial charge in [-0.25, -0.2) is 0 Å². The molecule has 0 atom stereocenters. The highest BCUT2D eigenvalue weighted by Gasteiger charge is 2.25. The van der Waals surface area contributed by atoms with Crippen molar-refractivity contribution in [3.63, 3.8) is 0 Å². The Hall–Kier alpha value is -2.47. The van der Waals surface area contributed by atoms with E-state index >= 15 is 0 Å². The maximum atomic E-state index is 12.4. The van der Waals surface area contributed by atoms with Crippen LogP contribution in [0.2, 0.25) is 5.02 Å². The zero-order valence-electron chi connectivity index (χ0n) is 15.5. The Morgan fingerprint density at radius 2 is 1.85 bits per heavy atom. The molecule has 0 saturated carbocycles. The number of nitrogens with zero attached hydrogens (tertiary/aromatic N) is 3. The minimum absolute atomic E-state index is 0.0515. The number of hydrogen-bond acceptors (Lipinski definition) is 3. The van der Waals surface area contributed by atoms with Crippen molar-refractivity contribution in [1.29, 1.82) is 0 Å². The SMILES string of the molecule is CCNC(=NCCc1ccc(Cl)cc1)N1CCN(C(=O)c2ccco2)CC1. The third-order valence-electron chi connectivity index (χ3n) is 4.51. The summed E-state index contributed by atoms with van der Waals surface area (Å²) in [7, 11) is 0. The summed E-state index contributed by atoms with van der Waals surface area (Å²) in [6.07, 6.45) is 2.39. The van der Waals surface area contributed by atoms with E-state index in [0.717, 1.165) is 37.0 Å². The van der Waals surface area contributed by atoms with E-state index in [-0.39, 0.29) is 5.91 Å². The van der Waals surface area contributed by atoms with Crippen molar-refractivity contribution < 1.29 is 9.21 Å². The predicted octanol–water partition coefficient (Wildman–Crippen LogP) is 2.90. The zero-order valence-corrected chi connectivity index (χ0v) is 16.3. The lowest BCUT2D eigenvalue weighted by Gasteiger charge is -2.36. The van der Waals surface area contributed by atoms with Gasteiger partial charge in [0.15, 0.2) is 11.7 Å². The highest BCUT2D eigenvalue weighted by atomic mass is 35.5. The quantitative estimate of drug-likeness (QED) is 0.632. The zero-order chi connectivity index (χ0) is 19.1. The molecule has 0 unspecified atom stereocenters. The number of piperazine rings is 1. The molecule has 2 heterocycles. The van der Waals surface area contributed by atoms with Gasteiger partial charge in [0.25, 0.3) is 5.91 Å². The van der Waals surface area contributed by atoms with E-state index in [2.05, 4.69) is 17.1 Å². The molecular weight excluding hydrogens is 364 g/mol. The summed E-state index contributed by atoms with van der Waals surface area (Å²) in [4.78, 5) is 21.2. The van der Waals surface area contributed by atoms with E-state index in [4.69, 9.17) is 21.0 Å². The van der Waals surface area contributed by atoms with Gasteiger partial charge in [0.2, 0.25) is 0 Å². The van der Waals surface area contributed by atoms with Crippen LogP contribution in [0.15, 0.2) is 52.1 Å². The topological polar surface area (TPSA) is 61.1 Å². The number of guanidine groups is 1. The summed E-state index contributed by atoms with van der Waals surface area (Å²) in [5.41, 5.74) is 1.22. The molecule has 1 saturated heterocycles. The van der Waals surface area contributed by atoms with Gasteiger partial charge in [-0.15, -0.1) is 0 Å². The highest BCUT2D eigenvalue weighted by molar-refractivity contribution is 6.30. The van der Waals surface area contributed by atoms with Gasteiger partial charge in [-0.1, -0.05) is 23.7 Å². The Bertz CT molecular complexity index is 751. The number of benzene rings is 1. The maximum Gasteiger partial charge on any atom is 0.289 e. The molecule has 6 nitrogen and oxygen atoms in total. The number of rotatable bonds is 5. The van der Waals surface area contributed by atoms with Crippen LogP contribution in [-0.4, -0.2) is 60.9 Å². The molecule has 1 fully saturated rings. The first-order valence-corrected chi connectivity index (χ1v) is 9.65. The van der Waals surface area contributed by atoms with Crippen LogP contribution in [0, 0.1) is 0 Å². The smallest absolute Gasteiger partial charge is 0.289 e. The van der Waals surface area contributed by atoms with Crippen molar-refractivity contribution in [1.82, 2.24) is 15.1 Å². The number of furan rings is 1. The van der Waals surface area contributed by atoms with Gasteiger partial charge in [0.05, 0.1) is 6.26 Å². The lowest BCUT2D eigenvalue weighted by molar-refractivity contribution is 0.0657. The Morgan fingerprint density at radius 3 is 2.48 bits per heavy atom. The number of nitrogens with one attached hydrogen (secondary N) is 1. The molecule has 1 aromatic heterocycles. The first kappa shape index (κ1) is 19.3. The standard InChI is InChI=1S/C20H25ClN4O2/c1-2-22-20(23-10-9-16-5-7-17(21)8-6-16)25-13-11-24(12-14-25)19(26)18-4-3-15-27-18/h3-8,15H,2,9-14H2,1H3,(H,22,23). The fraction of sp³-hybridized carbons (Fsp3) is 0.400. The second kappa shape index (κ2) is 9.46. The van der Waals surface area contributed by atoms with Crippen molar-refractivity contribution in [2.45, 2.75) is 13.3 Å². The van der Waals surface area contributed by atoms with Gasteiger partial charge in [-0.2, -0.15) is 0 Å². The molecule has 3 rings (SSSR count). The second-order valence-corrected chi connectivity index (χ2v) is 6.81. The summed E-state index contributed by atoms with van der Waals surface area (Å²) < 4.78 is 5.21. The van der Waals surface area contributed by atoms with Gasteiger partial charge in [-0.3, -0.25) is 9.79 Å². The third-order valence-corrected chi connectivity index (χ3v) is 4.76. The van der Waals surface area contributed by atoms with Gasteiger partial charge < -0.3 is 19.5 Å². The number of carbonyl (C=O) groups is 1. The lowest BCUT2D eigenvalue weighted by atomic mass is 10.1. The van der Waals surface area contributed by atoms with Gasteiger partial charge in [0.1, 0.15) is 0 Å². The van der Waals surface area contributed by atoms with Crippen molar-refractivity contribution >= 4 is 23.5 Å². The average Bonchev–Trinajstić information content (AvgIpc) is 3.23. The van der Waals surface area contributed by atoms with Crippen LogP contribution in [-0.2, 0) is 6.42 Å². The van der Waals surface area contributed by atoms with Crippen LogP contribution in [0.1, 0.15) is 23.0 Å². The first-order valence-electron chi connectivity index (χ1n) is 9.28. The fourth-order valence-corrected chi connectivity index (χ4v) is 3.17. The van der Waals surface area contributed by atoms with Crippen molar-refractivity contribution in [3.8, 4) is 0 Å². The molecule has 7 heteroatoms. The molecule has 0 spiro atoms. The average molecular weight is 389 g/mol. The van der Waals surface area contributed by atoms with E-state index in [1.54, 1.807) is 12.1 Å². The number of aliphatic imine (C=N–C) groups is 1. The van der Waals surface area contributed by atoms with Crippen LogP contribution in [0.4, 0.5) is 0 Å². The molecule has 1 aliphatic heterocycles. The van der Waals surface area contributed by atoms with E-state index in [0.29, 0.717) is 25.4 Å². The summed E-state index contributed by atoms with van der Waals surface area (Å²) in [5.74, 6) is 1.24. The summed E-state index contributed by atoms with van der Waals surface area (Å²) in [6, 6.07) is 11.3. The molecule has 0 bridgehead atoms. The Kier molecular flexibility index (Phi) is 6.76. The molecule has 27 heavy (non-hydrogen) atoms. The van der Waals surface area contributed by atoms with E-state index in [1.807, 2.05) is 29.2 Å². The van der Waals surface area contributed by atoms with Gasteiger partial charge in [-0.05, 0) is 43.2 Å². The first-order chi connectivity index (χ1) is 13.2. The van der Waals surface area contributed by atoms with Crippen LogP contribution in [0.25, 0.3) is 0 Å². The van der Waals surface area contributed by atoms with Crippen molar-refractivity contribution in [2.75, 3.05) is 39.3 Å². The molecule has 1 amide bonds. The largest absolute Gasteiger partial charge is 0.459 e. The molecule has 0 aliphatic carbocycles. The van der Waals surface area contributed by atoms with Gasteiger partial charge in [0, 0.05) is 44.3 Å². The molecule has 2 aromatic rings. The Labute approximate surface area is 164 Å². The molecule has 0 radical (unpaired) electrons. The number of hydrogen-bond donors (Lipinski definition) is 1. The lowest BCUT2D eigenvalue weighted by Crippen LogP contribution is -2.53. The number of amides is 1. The maximum absolute atomic E-state index is 12.4. The highest BCUT2D eigenvalue weighted by Crippen LogP contribution is 2.11. The summed E-state index contributed by atoms with van der Waals surface area (Å²) >= 11 is 5.93. The fourth-order valence-electron chi connectivity index (χ4n) is 3.05. The molecule has 1 aromatic carbocycles. The molecule has 1 N–H and O–H groups in total. The minimum atomic E-state index is -0.0515. The minimum Gasteiger partial charge on any atom is -0.459 e. The van der Waals surface area contributed by atoms with Crippen LogP contribution < -0.4 is 5.32 Å². The van der Waals surface area contributed by atoms with E-state index < -0.39 is 0 Å². The number of halogens is 1. The predicted molar refractivity (Wildman–Crippen MR) is 107 cm³/mol. The van der Waals surface area contributed by atoms with Crippen LogP contribution in [0.5, 0.6) is 0 Å². The van der Waals surface area contributed by atoms with E-state index in [1.165, 1.54) is 11.8 Å². The summed E-state index contributed by atoms with van der Waals surface area (Å²) in [5, 5.41) is 4.10. The Morgan fingerprint density at radius 1 is 1.15 bits per heavy atom. The van der Waals surface area contributed by atoms with E-state index in [9.17, 15) is 4.79 Å². The van der Waals surface area contributed by atoms with Crippen molar-refractivity contribution in [2.24, 2.45) is 4.99 Å². The third kappa shape index (κ3) is 5.26. The van der Waals surface area contributed by atoms with Crippen LogP contribution >= 0.6 is 11.6 Å². The molecule has 144 valence electrons. The van der Waals surface area contributed by atoms with Crippen LogP contribution in [0.3, 0.4) is 0 Å². The Balaban J connectivity index is 1.54. The normalized spacial score (nSPS) is 15.1. The van der Waals surface area contributed by atoms with Gasteiger partial charge >= 0.3 is 0 Å². The second-order valence-electron chi connectivity index (χ2n) is 6.37. The number of carbonyl (C=O) groups excluding carboxylic acids is 1. The van der Waals surface area contributed by atoms with Crippen molar-refractivity contribution in [3.05, 3.63) is 59.0 Å². The summed E-state index contributed by atoms with van der Waals surface area (Å²) in [6.45, 7) is 6.38. The molecular formula is C20H25ClN4O2.